The Hall–Kier alpha value is -0.980. The summed E-state index contributed by atoms with van der Waals surface area (Å²) >= 11 is 4.88. The molecule has 0 aliphatic rings. The largest absolute Gasteiger partial charge is 0.464 e. The number of aromatic nitrogens is 2. The number of benzene rings is 1. The van der Waals surface area contributed by atoms with Gasteiger partial charge in [0.05, 0.1) is 0 Å². The van der Waals surface area contributed by atoms with Crippen LogP contribution in [0.4, 0.5) is 0 Å². The third-order valence-electron chi connectivity index (χ3n) is 2.25. The summed E-state index contributed by atoms with van der Waals surface area (Å²) in [6.07, 6.45) is 0. The van der Waals surface area contributed by atoms with Gasteiger partial charge in [0.2, 0.25) is 0 Å². The van der Waals surface area contributed by atoms with Gasteiger partial charge in [-0.1, -0.05) is 51.4 Å². The molecule has 0 atom stereocenters. The molecule has 0 unspecified atom stereocenters. The van der Waals surface area contributed by atoms with Crippen LogP contribution in [-0.4, -0.2) is 16.7 Å². The fourth-order valence-corrected chi connectivity index (χ4v) is 2.25. The first kappa shape index (κ1) is 13.5. The molecule has 4 nitrogen and oxygen atoms in total. The molecule has 18 heavy (non-hydrogen) atoms. The summed E-state index contributed by atoms with van der Waals surface area (Å²) in [5, 5.41) is 12.8. The minimum Gasteiger partial charge on any atom is -0.464 e. The van der Waals surface area contributed by atoms with Crippen molar-refractivity contribution in [2.24, 2.45) is 0 Å². The second kappa shape index (κ2) is 6.82. The molecule has 0 radical (unpaired) electrons. The lowest BCUT2D eigenvalue weighted by molar-refractivity contribution is 0.302. The van der Waals surface area contributed by atoms with Crippen LogP contribution in [0.5, 0.6) is 5.19 Å². The highest BCUT2D eigenvalue weighted by Gasteiger charge is 2.04. The maximum absolute atomic E-state index is 5.59. The van der Waals surface area contributed by atoms with Crippen molar-refractivity contribution >= 4 is 27.3 Å². The van der Waals surface area contributed by atoms with Crippen LogP contribution in [0, 0.1) is 0 Å². The molecule has 1 N–H and O–H groups in total. The van der Waals surface area contributed by atoms with E-state index in [4.69, 9.17) is 4.74 Å². The Morgan fingerprint density at radius 1 is 1.28 bits per heavy atom. The maximum Gasteiger partial charge on any atom is 0.294 e. The van der Waals surface area contributed by atoms with E-state index in [2.05, 4.69) is 38.4 Å². The van der Waals surface area contributed by atoms with E-state index < -0.39 is 0 Å². The lowest BCUT2D eigenvalue weighted by atomic mass is 10.2. The van der Waals surface area contributed by atoms with Crippen LogP contribution < -0.4 is 10.1 Å². The third kappa shape index (κ3) is 4.04. The van der Waals surface area contributed by atoms with Gasteiger partial charge in [0.15, 0.2) is 0 Å². The summed E-state index contributed by atoms with van der Waals surface area (Å²) in [7, 11) is 0. The van der Waals surface area contributed by atoms with Crippen LogP contribution in [0.1, 0.15) is 17.5 Å². The van der Waals surface area contributed by atoms with Gasteiger partial charge in [-0.25, -0.2) is 0 Å². The molecule has 6 heteroatoms. The van der Waals surface area contributed by atoms with E-state index in [1.54, 1.807) is 0 Å². The second-order valence-electron chi connectivity index (χ2n) is 3.66. The average molecular weight is 328 g/mol. The first-order valence-electron chi connectivity index (χ1n) is 5.68. The fraction of sp³-hybridized carbons (Fsp3) is 0.333. The lowest BCUT2D eigenvalue weighted by Crippen LogP contribution is -2.11. The molecule has 1 heterocycles. The molecule has 0 aliphatic heterocycles. The van der Waals surface area contributed by atoms with Gasteiger partial charge in [0.25, 0.3) is 5.19 Å². The minimum absolute atomic E-state index is 0.517. The summed E-state index contributed by atoms with van der Waals surface area (Å²) in [6.45, 7) is 4.25. The molecule has 96 valence electrons. The highest BCUT2D eigenvalue weighted by molar-refractivity contribution is 9.10. The molecule has 0 saturated carbocycles. The van der Waals surface area contributed by atoms with Crippen LogP contribution in [0.15, 0.2) is 28.7 Å². The fourth-order valence-electron chi connectivity index (χ4n) is 1.33. The number of rotatable bonds is 6. The molecule has 2 rings (SSSR count). The van der Waals surface area contributed by atoms with Gasteiger partial charge in [-0.3, -0.25) is 0 Å². The van der Waals surface area contributed by atoms with Crippen LogP contribution in [0.2, 0.25) is 0 Å². The summed E-state index contributed by atoms with van der Waals surface area (Å²) in [5.74, 6) is 0. The Kier molecular flexibility index (Phi) is 5.10. The van der Waals surface area contributed by atoms with E-state index in [0.717, 1.165) is 28.1 Å². The van der Waals surface area contributed by atoms with E-state index in [1.165, 1.54) is 11.3 Å². The number of nitrogens with zero attached hydrogens (tertiary/aromatic N) is 2. The zero-order chi connectivity index (χ0) is 12.8. The molecule has 0 spiro atoms. The summed E-state index contributed by atoms with van der Waals surface area (Å²) in [5.41, 5.74) is 1.11. The number of nitrogens with one attached hydrogen (secondary N) is 1. The first-order valence-corrected chi connectivity index (χ1v) is 7.29. The van der Waals surface area contributed by atoms with Crippen LogP contribution >= 0.6 is 27.3 Å². The Labute approximate surface area is 119 Å². The average Bonchev–Trinajstić information content (AvgIpc) is 2.84. The first-order chi connectivity index (χ1) is 8.78. The molecule has 1 aromatic heterocycles. The number of hydrogen-bond acceptors (Lipinski definition) is 5. The van der Waals surface area contributed by atoms with Crippen LogP contribution in [-0.2, 0) is 13.2 Å². The number of hydrogen-bond donors (Lipinski definition) is 1. The molecule has 0 bridgehead atoms. The van der Waals surface area contributed by atoms with Gasteiger partial charge in [-0.15, -0.1) is 5.10 Å². The van der Waals surface area contributed by atoms with E-state index in [9.17, 15) is 0 Å². The van der Waals surface area contributed by atoms with Crippen molar-refractivity contribution < 1.29 is 4.74 Å². The molecule has 0 amide bonds. The Bertz CT molecular complexity index is 486. The standard InChI is InChI=1S/C12H14BrN3OS/c1-2-14-7-11-15-16-12(18-11)17-8-9-3-5-10(13)6-4-9/h3-6,14H,2,7-8H2,1H3. The van der Waals surface area contributed by atoms with Crippen LogP contribution in [0.25, 0.3) is 0 Å². The van der Waals surface area contributed by atoms with Gasteiger partial charge in [0, 0.05) is 11.0 Å². The van der Waals surface area contributed by atoms with Crippen molar-refractivity contribution in [1.29, 1.82) is 0 Å². The van der Waals surface area contributed by atoms with Gasteiger partial charge >= 0.3 is 0 Å². The van der Waals surface area contributed by atoms with Crippen molar-refractivity contribution in [1.82, 2.24) is 15.5 Å². The highest BCUT2D eigenvalue weighted by atomic mass is 79.9. The molecular formula is C12H14BrN3OS. The SMILES string of the molecule is CCNCc1nnc(OCc2ccc(Br)cc2)s1. The monoisotopic (exact) mass is 327 g/mol. The van der Waals surface area contributed by atoms with Gasteiger partial charge in [0.1, 0.15) is 11.6 Å². The Morgan fingerprint density at radius 2 is 2.06 bits per heavy atom. The molecular weight excluding hydrogens is 314 g/mol. The van der Waals surface area contributed by atoms with Gasteiger partial charge in [-0.05, 0) is 24.2 Å². The Balaban J connectivity index is 1.86. The van der Waals surface area contributed by atoms with Gasteiger partial charge in [-0.2, -0.15) is 0 Å². The summed E-state index contributed by atoms with van der Waals surface area (Å²) in [6, 6.07) is 8.03. The Morgan fingerprint density at radius 3 is 2.78 bits per heavy atom. The quantitative estimate of drug-likeness (QED) is 0.886. The zero-order valence-electron chi connectivity index (χ0n) is 10.0. The highest BCUT2D eigenvalue weighted by Crippen LogP contribution is 2.19. The normalized spacial score (nSPS) is 10.6. The lowest BCUT2D eigenvalue weighted by Gasteiger charge is -2.01. The second-order valence-corrected chi connectivity index (χ2v) is 5.60. The maximum atomic E-state index is 5.59. The van der Waals surface area contributed by atoms with Crippen molar-refractivity contribution in [3.8, 4) is 5.19 Å². The summed E-state index contributed by atoms with van der Waals surface area (Å²) < 4.78 is 6.66. The molecule has 0 fully saturated rings. The molecule has 1 aromatic carbocycles. The van der Waals surface area contributed by atoms with Crippen molar-refractivity contribution in [3.05, 3.63) is 39.3 Å². The van der Waals surface area contributed by atoms with E-state index in [-0.39, 0.29) is 0 Å². The zero-order valence-corrected chi connectivity index (χ0v) is 12.4. The van der Waals surface area contributed by atoms with Crippen molar-refractivity contribution in [2.45, 2.75) is 20.1 Å². The molecule has 2 aromatic rings. The van der Waals surface area contributed by atoms with Crippen molar-refractivity contribution in [2.75, 3.05) is 6.54 Å². The smallest absolute Gasteiger partial charge is 0.294 e. The summed E-state index contributed by atoms with van der Waals surface area (Å²) in [4.78, 5) is 0. The number of halogens is 1. The van der Waals surface area contributed by atoms with Gasteiger partial charge < -0.3 is 10.1 Å². The molecule has 0 saturated heterocycles. The predicted octanol–water partition coefficient (Wildman–Crippen LogP) is 2.99. The third-order valence-corrected chi connectivity index (χ3v) is 3.61. The van der Waals surface area contributed by atoms with E-state index in [1.807, 2.05) is 24.3 Å². The number of ether oxygens (including phenoxy) is 1. The van der Waals surface area contributed by atoms with E-state index in [0.29, 0.717) is 11.8 Å². The van der Waals surface area contributed by atoms with Crippen LogP contribution in [0.3, 0.4) is 0 Å². The minimum atomic E-state index is 0.517. The predicted molar refractivity (Wildman–Crippen MR) is 75.8 cm³/mol. The van der Waals surface area contributed by atoms with Crippen molar-refractivity contribution in [3.63, 3.8) is 0 Å². The topological polar surface area (TPSA) is 47.0 Å². The van der Waals surface area contributed by atoms with E-state index >= 15 is 0 Å². The molecule has 0 aliphatic carbocycles.